The van der Waals surface area contributed by atoms with Gasteiger partial charge in [0.2, 0.25) is 0 Å². The highest BCUT2D eigenvalue weighted by Gasteiger charge is 2.17. The molecule has 0 bridgehead atoms. The number of halogens is 2. The molecule has 1 aromatic heterocycles. The molecular weight excluding hydrogens is 492 g/mol. The highest BCUT2D eigenvalue weighted by Crippen LogP contribution is 2.32. The number of thiocarbonyl (C=S) groups is 1. The maximum atomic E-state index is 12.7. The van der Waals surface area contributed by atoms with Gasteiger partial charge in [-0.3, -0.25) is 10.1 Å². The number of nitrogens with one attached hydrogen (secondary N) is 2. The fourth-order valence-electron chi connectivity index (χ4n) is 2.90. The van der Waals surface area contributed by atoms with Gasteiger partial charge in [0.15, 0.2) is 5.11 Å². The molecule has 0 fully saturated rings. The third-order valence-electron chi connectivity index (χ3n) is 4.23. The van der Waals surface area contributed by atoms with E-state index in [9.17, 15) is 4.79 Å². The number of carbonyl (C=O) groups is 1. The van der Waals surface area contributed by atoms with E-state index in [1.807, 2.05) is 13.0 Å². The maximum Gasteiger partial charge on any atom is 0.261 e. The van der Waals surface area contributed by atoms with Crippen LogP contribution in [0.5, 0.6) is 5.75 Å². The summed E-state index contributed by atoms with van der Waals surface area (Å²) >= 11 is 15.0. The van der Waals surface area contributed by atoms with Crippen LogP contribution in [0, 0.1) is 6.92 Å². The van der Waals surface area contributed by atoms with E-state index in [-0.39, 0.29) is 11.7 Å². The molecule has 3 rings (SSSR count). The molecule has 1 heterocycles. The summed E-state index contributed by atoms with van der Waals surface area (Å²) in [6, 6.07) is 12.1. The predicted molar refractivity (Wildman–Crippen MR) is 124 cm³/mol. The number of rotatable bonds is 5. The first-order valence-electron chi connectivity index (χ1n) is 8.78. The Hall–Kier alpha value is -2.39. The first-order chi connectivity index (χ1) is 14.3. The maximum absolute atomic E-state index is 12.7. The van der Waals surface area contributed by atoms with Gasteiger partial charge in [-0.15, -0.1) is 0 Å². The molecule has 0 spiro atoms. The number of hydrogen-bond acceptors (Lipinski definition) is 5. The van der Waals surface area contributed by atoms with Gasteiger partial charge in [0.25, 0.3) is 5.91 Å². The molecule has 156 valence electrons. The number of ether oxygens (including phenoxy) is 1. The van der Waals surface area contributed by atoms with Gasteiger partial charge in [0, 0.05) is 15.7 Å². The molecule has 0 saturated heterocycles. The first-order valence-corrected chi connectivity index (χ1v) is 10.4. The lowest BCUT2D eigenvalue weighted by Gasteiger charge is -2.14. The summed E-state index contributed by atoms with van der Waals surface area (Å²) < 4.78 is 11.6. The molecule has 0 aliphatic carbocycles. The molecule has 3 N–H and O–H groups in total. The number of aliphatic hydroxyl groups excluding tert-OH is 1. The van der Waals surface area contributed by atoms with Gasteiger partial charge in [-0.25, -0.2) is 0 Å². The summed E-state index contributed by atoms with van der Waals surface area (Å²) in [5.41, 5.74) is 2.45. The summed E-state index contributed by atoms with van der Waals surface area (Å²) in [6.07, 6.45) is 0. The van der Waals surface area contributed by atoms with Gasteiger partial charge < -0.3 is 19.6 Å². The van der Waals surface area contributed by atoms with Crippen molar-refractivity contribution in [3.63, 3.8) is 0 Å². The van der Waals surface area contributed by atoms with E-state index in [1.165, 1.54) is 7.11 Å². The predicted octanol–water partition coefficient (Wildman–Crippen LogP) is 5.30. The number of amides is 1. The molecule has 6 nitrogen and oxygen atoms in total. The number of aliphatic hydroxyl groups is 1. The zero-order valence-corrected chi connectivity index (χ0v) is 19.2. The Balaban J connectivity index is 1.72. The molecular formula is C21H18BrClN2O4S. The van der Waals surface area contributed by atoms with Crippen molar-refractivity contribution in [2.45, 2.75) is 13.5 Å². The number of anilines is 1. The van der Waals surface area contributed by atoms with E-state index in [4.69, 9.17) is 38.1 Å². The number of methoxy groups -OCH3 is 1. The summed E-state index contributed by atoms with van der Waals surface area (Å²) in [5, 5.41) is 15.3. The third-order valence-corrected chi connectivity index (χ3v) is 5.20. The Morgan fingerprint density at radius 3 is 2.67 bits per heavy atom. The molecule has 0 aliphatic rings. The fraction of sp³-hybridized carbons (Fsp3) is 0.143. The Kier molecular flexibility index (Phi) is 7.14. The van der Waals surface area contributed by atoms with Crippen molar-refractivity contribution in [3.8, 4) is 17.1 Å². The lowest BCUT2D eigenvalue weighted by Crippen LogP contribution is -2.34. The van der Waals surface area contributed by atoms with E-state index in [0.29, 0.717) is 39.1 Å². The number of aryl methyl sites for hydroxylation is 1. The molecule has 0 saturated carbocycles. The topological polar surface area (TPSA) is 83.7 Å². The number of furan rings is 1. The van der Waals surface area contributed by atoms with Gasteiger partial charge in [0.1, 0.15) is 23.9 Å². The molecule has 0 atom stereocenters. The van der Waals surface area contributed by atoms with E-state index in [0.717, 1.165) is 10.0 Å². The molecule has 9 heteroatoms. The van der Waals surface area contributed by atoms with Gasteiger partial charge in [-0.2, -0.15) is 0 Å². The van der Waals surface area contributed by atoms with Crippen molar-refractivity contribution < 1.29 is 19.1 Å². The third kappa shape index (κ3) is 5.02. The van der Waals surface area contributed by atoms with Crippen LogP contribution in [-0.4, -0.2) is 23.2 Å². The normalized spacial score (nSPS) is 10.6. The summed E-state index contributed by atoms with van der Waals surface area (Å²) in [6.45, 7) is 1.66. The van der Waals surface area contributed by atoms with Crippen LogP contribution < -0.4 is 15.4 Å². The van der Waals surface area contributed by atoms with Gasteiger partial charge in [-0.1, -0.05) is 27.5 Å². The number of carbonyl (C=O) groups excluding carboxylic acids is 1. The van der Waals surface area contributed by atoms with Gasteiger partial charge in [0.05, 0.1) is 17.7 Å². The number of benzene rings is 2. The first kappa shape index (κ1) is 22.3. The van der Waals surface area contributed by atoms with Crippen molar-refractivity contribution in [2.75, 3.05) is 12.4 Å². The smallest absolute Gasteiger partial charge is 0.261 e. The lowest BCUT2D eigenvalue weighted by atomic mass is 10.1. The minimum absolute atomic E-state index is 0.115. The van der Waals surface area contributed by atoms with Gasteiger partial charge >= 0.3 is 0 Å². The SMILES string of the molecule is COc1c(C)cc(Br)cc1C(=O)NC(=S)Nc1ccc(-c2ccc(CO)o2)c(Cl)c1. The molecule has 0 radical (unpaired) electrons. The summed E-state index contributed by atoms with van der Waals surface area (Å²) in [5.74, 6) is 1.07. The fourth-order valence-corrected chi connectivity index (χ4v) is 3.96. The molecule has 3 aromatic rings. The van der Waals surface area contributed by atoms with E-state index in [2.05, 4.69) is 26.6 Å². The zero-order valence-electron chi connectivity index (χ0n) is 16.1. The van der Waals surface area contributed by atoms with Crippen LogP contribution in [0.2, 0.25) is 5.02 Å². The van der Waals surface area contributed by atoms with Crippen molar-refractivity contribution in [1.29, 1.82) is 0 Å². The highest BCUT2D eigenvalue weighted by atomic mass is 79.9. The van der Waals surface area contributed by atoms with Crippen LogP contribution in [0.25, 0.3) is 11.3 Å². The second-order valence-corrected chi connectivity index (χ2v) is 8.06. The Bertz CT molecular complexity index is 1120. The van der Waals surface area contributed by atoms with Crippen LogP contribution >= 0.6 is 39.7 Å². The van der Waals surface area contributed by atoms with Crippen LogP contribution in [-0.2, 0) is 6.61 Å². The second kappa shape index (κ2) is 9.61. The van der Waals surface area contributed by atoms with Gasteiger partial charge in [-0.05, 0) is 67.2 Å². The number of hydrogen-bond donors (Lipinski definition) is 3. The molecule has 30 heavy (non-hydrogen) atoms. The van der Waals surface area contributed by atoms with Crippen molar-refractivity contribution in [1.82, 2.24) is 5.32 Å². The van der Waals surface area contributed by atoms with E-state index in [1.54, 1.807) is 36.4 Å². The van der Waals surface area contributed by atoms with Crippen molar-refractivity contribution >= 4 is 56.5 Å². The van der Waals surface area contributed by atoms with Crippen LogP contribution in [0.15, 0.2) is 51.4 Å². The largest absolute Gasteiger partial charge is 0.496 e. The average Bonchev–Trinajstić information content (AvgIpc) is 3.16. The molecule has 1 amide bonds. The Labute approximate surface area is 192 Å². The zero-order chi connectivity index (χ0) is 21.8. The lowest BCUT2D eigenvalue weighted by molar-refractivity contribution is 0.0974. The van der Waals surface area contributed by atoms with Crippen molar-refractivity contribution in [3.05, 3.63) is 68.8 Å². The van der Waals surface area contributed by atoms with Crippen LogP contribution in [0.3, 0.4) is 0 Å². The standard InChI is InChI=1S/C21H18BrClN2O4S/c1-11-7-12(22)8-16(19(11)28-2)20(27)25-21(30)24-13-3-5-15(17(23)9-13)18-6-4-14(10-26)29-18/h3-9,26H,10H2,1-2H3,(H2,24,25,27,30). The van der Waals surface area contributed by atoms with Crippen molar-refractivity contribution in [2.24, 2.45) is 0 Å². The minimum Gasteiger partial charge on any atom is -0.496 e. The monoisotopic (exact) mass is 508 g/mol. The molecule has 0 unspecified atom stereocenters. The summed E-state index contributed by atoms with van der Waals surface area (Å²) in [4.78, 5) is 12.7. The summed E-state index contributed by atoms with van der Waals surface area (Å²) in [7, 11) is 1.51. The Morgan fingerprint density at radius 1 is 1.27 bits per heavy atom. The second-order valence-electron chi connectivity index (χ2n) is 6.33. The Morgan fingerprint density at radius 2 is 2.03 bits per heavy atom. The quantitative estimate of drug-likeness (QED) is 0.405. The average molecular weight is 510 g/mol. The van der Waals surface area contributed by atoms with E-state index >= 15 is 0 Å². The molecule has 0 aliphatic heterocycles. The highest BCUT2D eigenvalue weighted by molar-refractivity contribution is 9.10. The van der Waals surface area contributed by atoms with E-state index < -0.39 is 5.91 Å². The van der Waals surface area contributed by atoms with Crippen LogP contribution in [0.4, 0.5) is 5.69 Å². The molecule has 2 aromatic carbocycles. The minimum atomic E-state index is -0.399. The van der Waals surface area contributed by atoms with Crippen LogP contribution in [0.1, 0.15) is 21.7 Å².